The van der Waals surface area contributed by atoms with Gasteiger partial charge in [0, 0.05) is 18.7 Å². The lowest BCUT2D eigenvalue weighted by Gasteiger charge is -2.09. The summed E-state index contributed by atoms with van der Waals surface area (Å²) in [5.74, 6) is 1.44. The van der Waals surface area contributed by atoms with E-state index in [9.17, 15) is 4.79 Å². The molecule has 1 heterocycles. The number of ether oxygens (including phenoxy) is 2. The van der Waals surface area contributed by atoms with E-state index in [1.54, 1.807) is 20.4 Å². The van der Waals surface area contributed by atoms with E-state index in [0.717, 1.165) is 22.8 Å². The third-order valence-corrected chi connectivity index (χ3v) is 3.24. The molecule has 1 aromatic carbocycles. The Hall–Kier alpha value is -2.56. The predicted octanol–water partition coefficient (Wildman–Crippen LogP) is 2.35. The number of aryl methyl sites for hydroxylation is 1. The lowest BCUT2D eigenvalue weighted by molar-refractivity contribution is -0.121. The van der Waals surface area contributed by atoms with Gasteiger partial charge in [-0.05, 0) is 36.2 Å². The summed E-state index contributed by atoms with van der Waals surface area (Å²) in [5.41, 5.74) is 1.85. The number of nitrogens with one attached hydrogen (secondary N) is 1. The zero-order chi connectivity index (χ0) is 15.8. The predicted molar refractivity (Wildman–Crippen MR) is 84.0 cm³/mol. The van der Waals surface area contributed by atoms with Gasteiger partial charge in [0.05, 0.1) is 26.5 Å². The number of methoxy groups -OCH3 is 2. The zero-order valence-corrected chi connectivity index (χ0v) is 12.8. The molecule has 0 unspecified atom stereocenters. The normalized spacial score (nSPS) is 10.1. The molecule has 0 atom stereocenters. The van der Waals surface area contributed by atoms with Crippen molar-refractivity contribution in [2.24, 2.45) is 0 Å². The summed E-state index contributed by atoms with van der Waals surface area (Å²) >= 11 is 0. The molecule has 0 bridgehead atoms. The highest BCUT2D eigenvalue weighted by molar-refractivity contribution is 5.76. The van der Waals surface area contributed by atoms with Crippen molar-refractivity contribution in [1.82, 2.24) is 10.3 Å². The van der Waals surface area contributed by atoms with Crippen molar-refractivity contribution < 1.29 is 14.3 Å². The van der Waals surface area contributed by atoms with Crippen LogP contribution in [0.3, 0.4) is 0 Å². The molecule has 1 aromatic heterocycles. The molecule has 5 heteroatoms. The van der Waals surface area contributed by atoms with E-state index in [-0.39, 0.29) is 5.91 Å². The maximum atomic E-state index is 11.9. The van der Waals surface area contributed by atoms with E-state index in [0.29, 0.717) is 19.4 Å². The number of carbonyl (C=O) groups excluding carboxylic acids is 1. The van der Waals surface area contributed by atoms with Gasteiger partial charge in [-0.2, -0.15) is 0 Å². The van der Waals surface area contributed by atoms with Gasteiger partial charge in [0.25, 0.3) is 0 Å². The number of hydrogen-bond donors (Lipinski definition) is 1. The van der Waals surface area contributed by atoms with Crippen molar-refractivity contribution in [2.45, 2.75) is 19.4 Å². The first-order chi connectivity index (χ1) is 10.7. The zero-order valence-electron chi connectivity index (χ0n) is 12.8. The average molecular weight is 300 g/mol. The quantitative estimate of drug-likeness (QED) is 0.852. The largest absolute Gasteiger partial charge is 0.497 e. The molecule has 0 saturated heterocycles. The number of hydrogen-bond acceptors (Lipinski definition) is 4. The number of nitrogens with zero attached hydrogens (tertiary/aromatic N) is 1. The van der Waals surface area contributed by atoms with E-state index in [2.05, 4.69) is 10.3 Å². The molecule has 2 rings (SSSR count). The lowest BCUT2D eigenvalue weighted by atomic mass is 10.1. The van der Waals surface area contributed by atoms with Crippen LogP contribution >= 0.6 is 0 Å². The molecular weight excluding hydrogens is 280 g/mol. The first-order valence-corrected chi connectivity index (χ1v) is 7.10. The van der Waals surface area contributed by atoms with Crippen molar-refractivity contribution in [2.75, 3.05) is 14.2 Å². The molecule has 116 valence electrons. The van der Waals surface area contributed by atoms with E-state index >= 15 is 0 Å². The van der Waals surface area contributed by atoms with Crippen LogP contribution in [0.15, 0.2) is 42.6 Å². The number of rotatable bonds is 7. The summed E-state index contributed by atoms with van der Waals surface area (Å²) in [5, 5.41) is 2.86. The van der Waals surface area contributed by atoms with Crippen molar-refractivity contribution >= 4 is 5.91 Å². The molecule has 0 radical (unpaired) electrons. The van der Waals surface area contributed by atoms with Crippen LogP contribution in [0.4, 0.5) is 0 Å². The summed E-state index contributed by atoms with van der Waals surface area (Å²) < 4.78 is 10.4. The first-order valence-electron chi connectivity index (χ1n) is 7.10. The molecule has 2 aromatic rings. The number of pyridine rings is 1. The number of benzene rings is 1. The van der Waals surface area contributed by atoms with Gasteiger partial charge >= 0.3 is 0 Å². The maximum Gasteiger partial charge on any atom is 0.220 e. The SMILES string of the molecule is COc1cc(CCC(=O)NCc2ccccn2)cc(OC)c1. The molecular formula is C17H20N2O3. The van der Waals surface area contributed by atoms with Crippen LogP contribution in [0.1, 0.15) is 17.7 Å². The molecule has 0 fully saturated rings. The van der Waals surface area contributed by atoms with Crippen LogP contribution in [0.25, 0.3) is 0 Å². The summed E-state index contributed by atoms with van der Waals surface area (Å²) in [7, 11) is 3.22. The van der Waals surface area contributed by atoms with Gasteiger partial charge in [0.2, 0.25) is 5.91 Å². The minimum absolute atomic E-state index is 0.00700. The van der Waals surface area contributed by atoms with Gasteiger partial charge in [-0.25, -0.2) is 0 Å². The second kappa shape index (κ2) is 8.02. The van der Waals surface area contributed by atoms with E-state index in [4.69, 9.17) is 9.47 Å². The minimum Gasteiger partial charge on any atom is -0.497 e. The Kier molecular flexibility index (Phi) is 5.77. The summed E-state index contributed by atoms with van der Waals surface area (Å²) in [4.78, 5) is 16.1. The Bertz CT molecular complexity index is 592. The standard InChI is InChI=1S/C17H20N2O3/c1-21-15-9-13(10-16(11-15)22-2)6-7-17(20)19-12-14-5-3-4-8-18-14/h3-5,8-11H,6-7,12H2,1-2H3,(H,19,20). The maximum absolute atomic E-state index is 11.9. The molecule has 22 heavy (non-hydrogen) atoms. The van der Waals surface area contributed by atoms with Crippen LogP contribution in [-0.2, 0) is 17.8 Å². The van der Waals surface area contributed by atoms with Crippen LogP contribution in [0.5, 0.6) is 11.5 Å². The second-order valence-corrected chi connectivity index (χ2v) is 4.82. The van der Waals surface area contributed by atoms with E-state index in [1.165, 1.54) is 0 Å². The molecule has 1 N–H and O–H groups in total. The number of amides is 1. The fourth-order valence-electron chi connectivity index (χ4n) is 2.05. The molecule has 0 saturated carbocycles. The first kappa shape index (κ1) is 15.8. The van der Waals surface area contributed by atoms with Crippen molar-refractivity contribution in [3.05, 3.63) is 53.9 Å². The highest BCUT2D eigenvalue weighted by Gasteiger charge is 2.06. The molecule has 0 aliphatic heterocycles. The minimum atomic E-state index is -0.00700. The monoisotopic (exact) mass is 300 g/mol. The highest BCUT2D eigenvalue weighted by Crippen LogP contribution is 2.23. The number of aromatic nitrogens is 1. The van der Waals surface area contributed by atoms with Gasteiger partial charge in [0.1, 0.15) is 11.5 Å². The molecule has 0 spiro atoms. The van der Waals surface area contributed by atoms with Crippen LogP contribution in [0.2, 0.25) is 0 Å². The van der Waals surface area contributed by atoms with Gasteiger partial charge in [-0.3, -0.25) is 9.78 Å². The fraction of sp³-hybridized carbons (Fsp3) is 0.294. The lowest BCUT2D eigenvalue weighted by Crippen LogP contribution is -2.23. The fourth-order valence-corrected chi connectivity index (χ4v) is 2.05. The van der Waals surface area contributed by atoms with Crippen molar-refractivity contribution in [1.29, 1.82) is 0 Å². The highest BCUT2D eigenvalue weighted by atomic mass is 16.5. The summed E-state index contributed by atoms with van der Waals surface area (Å²) in [6.45, 7) is 0.446. The van der Waals surface area contributed by atoms with Gasteiger partial charge in [0.15, 0.2) is 0 Å². The Morgan fingerprint density at radius 2 is 1.86 bits per heavy atom. The Balaban J connectivity index is 1.85. The average Bonchev–Trinajstić information content (AvgIpc) is 2.58. The second-order valence-electron chi connectivity index (χ2n) is 4.82. The summed E-state index contributed by atoms with van der Waals surface area (Å²) in [6.07, 6.45) is 2.74. The van der Waals surface area contributed by atoms with Crippen LogP contribution in [0, 0.1) is 0 Å². The van der Waals surface area contributed by atoms with Crippen molar-refractivity contribution in [3.63, 3.8) is 0 Å². The topological polar surface area (TPSA) is 60.5 Å². The Morgan fingerprint density at radius 3 is 2.45 bits per heavy atom. The molecule has 0 aliphatic rings. The summed E-state index contributed by atoms with van der Waals surface area (Å²) in [6, 6.07) is 11.3. The molecule has 1 amide bonds. The Labute approximate surface area is 130 Å². The van der Waals surface area contributed by atoms with Crippen LogP contribution in [-0.4, -0.2) is 25.1 Å². The van der Waals surface area contributed by atoms with Crippen molar-refractivity contribution in [3.8, 4) is 11.5 Å². The smallest absolute Gasteiger partial charge is 0.220 e. The molecule has 5 nitrogen and oxygen atoms in total. The number of carbonyl (C=O) groups is 1. The van der Waals surface area contributed by atoms with Gasteiger partial charge in [-0.15, -0.1) is 0 Å². The van der Waals surface area contributed by atoms with Crippen LogP contribution < -0.4 is 14.8 Å². The van der Waals surface area contributed by atoms with Gasteiger partial charge < -0.3 is 14.8 Å². The van der Waals surface area contributed by atoms with E-state index in [1.807, 2.05) is 36.4 Å². The van der Waals surface area contributed by atoms with Gasteiger partial charge in [-0.1, -0.05) is 6.07 Å². The third kappa shape index (κ3) is 4.77. The molecule has 0 aliphatic carbocycles. The van der Waals surface area contributed by atoms with E-state index < -0.39 is 0 Å². The Morgan fingerprint density at radius 1 is 1.14 bits per heavy atom. The third-order valence-electron chi connectivity index (χ3n) is 3.24.